The van der Waals surface area contributed by atoms with Gasteiger partial charge in [0.2, 0.25) is 17.6 Å². The number of nitro benzene ring substituents is 1. The van der Waals surface area contributed by atoms with Crippen molar-refractivity contribution in [2.24, 2.45) is 0 Å². The smallest absolute Gasteiger partial charge is 0.314 e. The standard InChI is InChI=1S/C12H11FN4O3/c1-7-6-10(16-12(14-2)15-7)20-11-8(13)4-3-5-9(11)17(18)19/h3-6H,1-2H3,(H,14,15,16). The maximum atomic E-state index is 13.7. The van der Waals surface area contributed by atoms with E-state index in [1.54, 1.807) is 14.0 Å². The van der Waals surface area contributed by atoms with Crippen LogP contribution < -0.4 is 10.1 Å². The second-order valence-corrected chi connectivity index (χ2v) is 3.87. The van der Waals surface area contributed by atoms with Gasteiger partial charge in [0.1, 0.15) is 0 Å². The Balaban J connectivity index is 2.44. The van der Waals surface area contributed by atoms with Crippen molar-refractivity contribution in [1.29, 1.82) is 0 Å². The molecule has 0 aliphatic carbocycles. The molecule has 20 heavy (non-hydrogen) atoms. The molecular weight excluding hydrogens is 267 g/mol. The van der Waals surface area contributed by atoms with Gasteiger partial charge in [-0.25, -0.2) is 9.37 Å². The Labute approximate surface area is 113 Å². The van der Waals surface area contributed by atoms with E-state index in [1.807, 2.05) is 0 Å². The predicted molar refractivity (Wildman–Crippen MR) is 69.4 cm³/mol. The van der Waals surface area contributed by atoms with Crippen molar-refractivity contribution >= 4 is 11.6 Å². The second kappa shape index (κ2) is 5.47. The molecule has 2 rings (SSSR count). The molecule has 0 unspecified atom stereocenters. The summed E-state index contributed by atoms with van der Waals surface area (Å²) in [6.45, 7) is 1.70. The monoisotopic (exact) mass is 278 g/mol. The number of nitrogens with zero attached hydrogens (tertiary/aromatic N) is 3. The largest absolute Gasteiger partial charge is 0.428 e. The second-order valence-electron chi connectivity index (χ2n) is 3.87. The molecule has 0 bridgehead atoms. The van der Waals surface area contributed by atoms with Crippen LogP contribution in [0.4, 0.5) is 16.0 Å². The first-order chi connectivity index (χ1) is 9.51. The van der Waals surface area contributed by atoms with Crippen molar-refractivity contribution < 1.29 is 14.1 Å². The average molecular weight is 278 g/mol. The molecule has 0 radical (unpaired) electrons. The van der Waals surface area contributed by atoms with Gasteiger partial charge in [0.15, 0.2) is 5.82 Å². The summed E-state index contributed by atoms with van der Waals surface area (Å²) < 4.78 is 18.9. The Bertz CT molecular complexity index is 663. The number of benzene rings is 1. The Morgan fingerprint density at radius 2 is 2.15 bits per heavy atom. The first-order valence-corrected chi connectivity index (χ1v) is 5.65. The molecule has 0 aliphatic rings. The van der Waals surface area contributed by atoms with E-state index in [0.717, 1.165) is 12.1 Å². The van der Waals surface area contributed by atoms with Crippen LogP contribution in [-0.4, -0.2) is 21.9 Å². The molecule has 0 aliphatic heterocycles. The Morgan fingerprint density at radius 1 is 1.40 bits per heavy atom. The number of halogens is 1. The first kappa shape index (κ1) is 13.7. The van der Waals surface area contributed by atoms with Gasteiger partial charge in [0.25, 0.3) is 0 Å². The van der Waals surface area contributed by atoms with Gasteiger partial charge in [-0.2, -0.15) is 4.98 Å². The Kier molecular flexibility index (Phi) is 3.74. The summed E-state index contributed by atoms with van der Waals surface area (Å²) in [5.74, 6) is -1.01. The summed E-state index contributed by atoms with van der Waals surface area (Å²) in [4.78, 5) is 18.2. The highest BCUT2D eigenvalue weighted by Crippen LogP contribution is 2.33. The number of para-hydroxylation sites is 1. The van der Waals surface area contributed by atoms with Crippen molar-refractivity contribution in [3.05, 3.63) is 45.9 Å². The van der Waals surface area contributed by atoms with Crippen molar-refractivity contribution in [3.63, 3.8) is 0 Å². The van der Waals surface area contributed by atoms with Gasteiger partial charge in [0.05, 0.1) is 4.92 Å². The van der Waals surface area contributed by atoms with Gasteiger partial charge in [-0.1, -0.05) is 6.07 Å². The van der Waals surface area contributed by atoms with E-state index in [4.69, 9.17) is 4.74 Å². The van der Waals surface area contributed by atoms with Crippen LogP contribution in [0.15, 0.2) is 24.3 Å². The van der Waals surface area contributed by atoms with Gasteiger partial charge in [-0.05, 0) is 13.0 Å². The van der Waals surface area contributed by atoms with E-state index in [0.29, 0.717) is 5.69 Å². The SMILES string of the molecule is CNc1nc(C)cc(Oc2c(F)cccc2[N+](=O)[O-])n1. The highest BCUT2D eigenvalue weighted by Gasteiger charge is 2.21. The van der Waals surface area contributed by atoms with Crippen molar-refractivity contribution in [2.75, 3.05) is 12.4 Å². The molecule has 0 amide bonds. The van der Waals surface area contributed by atoms with Crippen LogP contribution in [0.1, 0.15) is 5.69 Å². The third kappa shape index (κ3) is 2.79. The molecule has 1 heterocycles. The molecule has 0 saturated carbocycles. The fraction of sp³-hybridized carbons (Fsp3) is 0.167. The minimum absolute atomic E-state index is 0.0232. The molecule has 0 atom stereocenters. The summed E-state index contributed by atoms with van der Waals surface area (Å²) in [6.07, 6.45) is 0. The van der Waals surface area contributed by atoms with Crippen molar-refractivity contribution in [2.45, 2.75) is 6.92 Å². The first-order valence-electron chi connectivity index (χ1n) is 5.65. The van der Waals surface area contributed by atoms with Gasteiger partial charge in [-0.3, -0.25) is 10.1 Å². The highest BCUT2D eigenvalue weighted by molar-refractivity contribution is 5.48. The molecule has 1 aromatic heterocycles. The molecule has 104 valence electrons. The van der Waals surface area contributed by atoms with E-state index < -0.39 is 22.2 Å². The number of anilines is 1. The molecule has 8 heteroatoms. The molecule has 1 aromatic carbocycles. The van der Waals surface area contributed by atoms with E-state index in [-0.39, 0.29) is 11.8 Å². The zero-order chi connectivity index (χ0) is 14.7. The molecule has 0 saturated heterocycles. The quantitative estimate of drug-likeness (QED) is 0.683. The molecular formula is C12H11FN4O3. The summed E-state index contributed by atoms with van der Waals surface area (Å²) >= 11 is 0. The number of nitrogens with one attached hydrogen (secondary N) is 1. The highest BCUT2D eigenvalue weighted by atomic mass is 19.1. The molecule has 0 fully saturated rings. The minimum atomic E-state index is -0.832. The summed E-state index contributed by atoms with van der Waals surface area (Å²) in [5, 5.41) is 13.6. The van der Waals surface area contributed by atoms with E-state index in [9.17, 15) is 14.5 Å². The van der Waals surface area contributed by atoms with Crippen LogP contribution in [0, 0.1) is 22.9 Å². The lowest BCUT2D eigenvalue weighted by atomic mass is 10.3. The third-order valence-electron chi connectivity index (χ3n) is 2.40. The lowest BCUT2D eigenvalue weighted by Gasteiger charge is -2.08. The van der Waals surface area contributed by atoms with E-state index in [2.05, 4.69) is 15.3 Å². The van der Waals surface area contributed by atoms with Crippen LogP contribution in [0.5, 0.6) is 11.6 Å². The third-order valence-corrected chi connectivity index (χ3v) is 2.40. The topological polar surface area (TPSA) is 90.2 Å². The number of rotatable bonds is 4. The van der Waals surface area contributed by atoms with Crippen LogP contribution in [0.25, 0.3) is 0 Å². The number of aryl methyl sites for hydroxylation is 1. The lowest BCUT2D eigenvalue weighted by molar-refractivity contribution is -0.385. The number of aromatic nitrogens is 2. The summed E-state index contributed by atoms with van der Waals surface area (Å²) in [7, 11) is 1.62. The fourth-order valence-electron chi connectivity index (χ4n) is 1.55. The number of hydrogen-bond acceptors (Lipinski definition) is 6. The van der Waals surface area contributed by atoms with Gasteiger partial charge >= 0.3 is 5.69 Å². The van der Waals surface area contributed by atoms with Gasteiger partial charge in [0, 0.05) is 24.9 Å². The minimum Gasteiger partial charge on any atom is -0.428 e. The van der Waals surface area contributed by atoms with Crippen LogP contribution in [0.3, 0.4) is 0 Å². The van der Waals surface area contributed by atoms with E-state index in [1.165, 1.54) is 12.1 Å². The number of nitro groups is 1. The molecule has 1 N–H and O–H groups in total. The average Bonchev–Trinajstić information content (AvgIpc) is 2.40. The zero-order valence-corrected chi connectivity index (χ0v) is 10.8. The normalized spacial score (nSPS) is 10.2. The van der Waals surface area contributed by atoms with E-state index >= 15 is 0 Å². The fourth-order valence-corrected chi connectivity index (χ4v) is 1.55. The van der Waals surface area contributed by atoms with Crippen LogP contribution >= 0.6 is 0 Å². The predicted octanol–water partition coefficient (Wildman–Crippen LogP) is 2.67. The van der Waals surface area contributed by atoms with Gasteiger partial charge < -0.3 is 10.1 Å². The molecule has 0 spiro atoms. The maximum absolute atomic E-state index is 13.7. The zero-order valence-electron chi connectivity index (χ0n) is 10.8. The Morgan fingerprint density at radius 3 is 2.80 bits per heavy atom. The van der Waals surface area contributed by atoms with Crippen LogP contribution in [0.2, 0.25) is 0 Å². The Hall–Kier alpha value is -2.77. The van der Waals surface area contributed by atoms with Crippen LogP contribution in [-0.2, 0) is 0 Å². The maximum Gasteiger partial charge on any atom is 0.314 e. The van der Waals surface area contributed by atoms with Crippen molar-refractivity contribution in [1.82, 2.24) is 9.97 Å². The summed E-state index contributed by atoms with van der Waals surface area (Å²) in [5.41, 5.74) is 0.116. The van der Waals surface area contributed by atoms with Gasteiger partial charge in [-0.15, -0.1) is 0 Å². The molecule has 2 aromatic rings. The number of hydrogen-bond donors (Lipinski definition) is 1. The number of ether oxygens (including phenoxy) is 1. The van der Waals surface area contributed by atoms with Crippen molar-refractivity contribution in [3.8, 4) is 11.6 Å². The lowest BCUT2D eigenvalue weighted by Crippen LogP contribution is -2.01. The molecule has 7 nitrogen and oxygen atoms in total. The summed E-state index contributed by atoms with van der Waals surface area (Å²) in [6, 6.07) is 4.93.